The third-order valence-electron chi connectivity index (χ3n) is 4.35. The summed E-state index contributed by atoms with van der Waals surface area (Å²) in [6, 6.07) is 1.27. The highest BCUT2D eigenvalue weighted by Gasteiger charge is 2.25. The third-order valence-corrected chi connectivity index (χ3v) is 5.19. The van der Waals surface area contributed by atoms with Gasteiger partial charge in [0, 0.05) is 36.8 Å². The Balaban J connectivity index is 1.43. The summed E-state index contributed by atoms with van der Waals surface area (Å²) in [5.74, 6) is 0. The maximum absolute atomic E-state index is 9.53. The van der Waals surface area contributed by atoms with Crippen molar-refractivity contribution in [1.29, 1.82) is 0 Å². The number of thiazole rings is 1. The molecule has 0 spiro atoms. The lowest BCUT2D eigenvalue weighted by Gasteiger charge is -2.36. The first-order valence-corrected chi connectivity index (χ1v) is 8.28. The molecule has 2 heterocycles. The molecule has 1 aliphatic carbocycles. The molecular formula is C14H23N3OS. The highest BCUT2D eigenvalue weighted by Crippen LogP contribution is 2.24. The van der Waals surface area contributed by atoms with Crippen LogP contribution in [0.15, 0.2) is 11.6 Å². The van der Waals surface area contributed by atoms with Crippen molar-refractivity contribution in [1.82, 2.24) is 10.3 Å². The van der Waals surface area contributed by atoms with E-state index < -0.39 is 0 Å². The van der Waals surface area contributed by atoms with E-state index in [0.29, 0.717) is 12.1 Å². The number of hydrogen-bond acceptors (Lipinski definition) is 5. The van der Waals surface area contributed by atoms with Crippen molar-refractivity contribution >= 4 is 16.5 Å². The van der Waals surface area contributed by atoms with Gasteiger partial charge < -0.3 is 15.3 Å². The first-order valence-electron chi connectivity index (χ1n) is 7.40. The number of aliphatic hydroxyl groups excluding tert-OH is 1. The van der Waals surface area contributed by atoms with Crippen LogP contribution in [-0.2, 0) is 0 Å². The molecule has 106 valence electrons. The minimum absolute atomic E-state index is 0.0511. The van der Waals surface area contributed by atoms with E-state index in [0.717, 1.165) is 38.8 Å². The van der Waals surface area contributed by atoms with E-state index in [9.17, 15) is 5.11 Å². The molecular weight excluding hydrogens is 258 g/mol. The molecule has 0 atom stereocenters. The van der Waals surface area contributed by atoms with Gasteiger partial charge in [-0.05, 0) is 38.5 Å². The zero-order valence-electron chi connectivity index (χ0n) is 11.3. The number of nitrogens with zero attached hydrogens (tertiary/aromatic N) is 2. The second kappa shape index (κ2) is 6.20. The van der Waals surface area contributed by atoms with E-state index in [-0.39, 0.29) is 6.10 Å². The molecule has 2 fully saturated rings. The molecule has 4 nitrogen and oxygen atoms in total. The van der Waals surface area contributed by atoms with Gasteiger partial charge in [0.25, 0.3) is 0 Å². The number of aromatic nitrogens is 1. The van der Waals surface area contributed by atoms with Crippen molar-refractivity contribution in [3.8, 4) is 0 Å². The molecule has 1 aromatic heterocycles. The molecule has 0 amide bonds. The van der Waals surface area contributed by atoms with Crippen LogP contribution in [0.1, 0.15) is 38.5 Å². The van der Waals surface area contributed by atoms with Crippen molar-refractivity contribution in [2.75, 3.05) is 18.0 Å². The smallest absolute Gasteiger partial charge is 0.185 e. The van der Waals surface area contributed by atoms with Crippen LogP contribution >= 0.6 is 11.3 Å². The molecule has 1 aliphatic heterocycles. The number of aliphatic hydroxyl groups is 1. The molecule has 2 N–H and O–H groups in total. The topological polar surface area (TPSA) is 48.4 Å². The van der Waals surface area contributed by atoms with E-state index in [1.807, 2.05) is 11.6 Å². The predicted molar refractivity (Wildman–Crippen MR) is 78.7 cm³/mol. The van der Waals surface area contributed by atoms with Gasteiger partial charge in [-0.3, -0.25) is 0 Å². The number of piperidine rings is 1. The van der Waals surface area contributed by atoms with Crippen molar-refractivity contribution in [2.24, 2.45) is 0 Å². The molecule has 2 aliphatic rings. The van der Waals surface area contributed by atoms with Crippen molar-refractivity contribution in [3.05, 3.63) is 11.6 Å². The largest absolute Gasteiger partial charge is 0.393 e. The summed E-state index contributed by atoms with van der Waals surface area (Å²) in [5.41, 5.74) is 0. The lowest BCUT2D eigenvalue weighted by molar-refractivity contribution is 0.113. The van der Waals surface area contributed by atoms with Crippen LogP contribution in [0.4, 0.5) is 5.13 Å². The maximum atomic E-state index is 9.53. The molecule has 1 saturated carbocycles. The second-order valence-electron chi connectivity index (χ2n) is 5.75. The summed E-state index contributed by atoms with van der Waals surface area (Å²) in [6.07, 6.45) is 8.45. The normalized spacial score (nSPS) is 29.6. The average molecular weight is 281 g/mol. The summed E-state index contributed by atoms with van der Waals surface area (Å²) in [4.78, 5) is 6.78. The van der Waals surface area contributed by atoms with Crippen LogP contribution in [0.3, 0.4) is 0 Å². The summed E-state index contributed by atoms with van der Waals surface area (Å²) in [6.45, 7) is 2.22. The Morgan fingerprint density at radius 3 is 2.42 bits per heavy atom. The van der Waals surface area contributed by atoms with E-state index >= 15 is 0 Å². The number of hydrogen-bond donors (Lipinski definition) is 2. The van der Waals surface area contributed by atoms with Gasteiger partial charge in [0.05, 0.1) is 6.10 Å². The molecule has 1 aromatic rings. The van der Waals surface area contributed by atoms with Gasteiger partial charge in [0.1, 0.15) is 0 Å². The third kappa shape index (κ3) is 3.46. The Morgan fingerprint density at radius 2 is 1.79 bits per heavy atom. The molecule has 0 bridgehead atoms. The average Bonchev–Trinajstić information content (AvgIpc) is 2.96. The monoisotopic (exact) mass is 281 g/mol. The van der Waals surface area contributed by atoms with Gasteiger partial charge in [-0.2, -0.15) is 0 Å². The van der Waals surface area contributed by atoms with Gasteiger partial charge in [-0.25, -0.2) is 4.98 Å². The Labute approximate surface area is 118 Å². The van der Waals surface area contributed by atoms with Gasteiger partial charge in [0.15, 0.2) is 5.13 Å². The SMILES string of the molecule is OC1CCC(NC2CCN(c3nccs3)CC2)CC1. The summed E-state index contributed by atoms with van der Waals surface area (Å²) >= 11 is 1.73. The first kappa shape index (κ1) is 13.3. The molecule has 0 unspecified atom stereocenters. The van der Waals surface area contributed by atoms with Gasteiger partial charge >= 0.3 is 0 Å². The summed E-state index contributed by atoms with van der Waals surface area (Å²) in [7, 11) is 0. The Morgan fingerprint density at radius 1 is 1.11 bits per heavy atom. The second-order valence-corrected chi connectivity index (χ2v) is 6.62. The Hall–Kier alpha value is -0.650. The maximum Gasteiger partial charge on any atom is 0.185 e. The Bertz CT molecular complexity index is 368. The fraction of sp³-hybridized carbons (Fsp3) is 0.786. The highest BCUT2D eigenvalue weighted by molar-refractivity contribution is 7.13. The van der Waals surface area contributed by atoms with E-state index in [1.54, 1.807) is 11.3 Å². The van der Waals surface area contributed by atoms with E-state index in [1.165, 1.54) is 18.0 Å². The fourth-order valence-electron chi connectivity index (χ4n) is 3.19. The Kier molecular flexibility index (Phi) is 4.35. The quantitative estimate of drug-likeness (QED) is 0.890. The lowest BCUT2D eigenvalue weighted by Crippen LogP contribution is -2.47. The molecule has 0 radical (unpaired) electrons. The molecule has 5 heteroatoms. The zero-order valence-corrected chi connectivity index (χ0v) is 12.1. The van der Waals surface area contributed by atoms with Crippen LogP contribution in [0, 0.1) is 0 Å². The highest BCUT2D eigenvalue weighted by atomic mass is 32.1. The zero-order chi connectivity index (χ0) is 13.1. The number of anilines is 1. The summed E-state index contributed by atoms with van der Waals surface area (Å²) in [5, 5.41) is 16.5. The van der Waals surface area contributed by atoms with Crippen molar-refractivity contribution < 1.29 is 5.11 Å². The van der Waals surface area contributed by atoms with E-state index in [4.69, 9.17) is 0 Å². The van der Waals surface area contributed by atoms with Gasteiger partial charge in [-0.1, -0.05) is 0 Å². The fourth-order valence-corrected chi connectivity index (χ4v) is 3.88. The van der Waals surface area contributed by atoms with Crippen molar-refractivity contribution in [3.63, 3.8) is 0 Å². The first-order chi connectivity index (χ1) is 9.31. The summed E-state index contributed by atoms with van der Waals surface area (Å²) < 4.78 is 0. The van der Waals surface area contributed by atoms with Crippen LogP contribution in [-0.4, -0.2) is 41.4 Å². The van der Waals surface area contributed by atoms with Crippen molar-refractivity contribution in [2.45, 2.75) is 56.7 Å². The molecule has 19 heavy (non-hydrogen) atoms. The van der Waals surface area contributed by atoms with E-state index in [2.05, 4.69) is 15.2 Å². The van der Waals surface area contributed by atoms with Crippen LogP contribution < -0.4 is 10.2 Å². The minimum Gasteiger partial charge on any atom is -0.393 e. The molecule has 3 rings (SSSR count). The van der Waals surface area contributed by atoms with Crippen LogP contribution in [0.5, 0.6) is 0 Å². The molecule has 1 saturated heterocycles. The molecule has 0 aromatic carbocycles. The minimum atomic E-state index is -0.0511. The predicted octanol–water partition coefficient (Wildman–Crippen LogP) is 2.00. The standard InChI is InChI=1S/C14H23N3OS/c18-13-3-1-11(2-4-13)16-12-5-8-17(9-6-12)14-15-7-10-19-14/h7,10-13,16,18H,1-6,8-9H2. The number of nitrogens with one attached hydrogen (secondary N) is 1. The van der Waals surface area contributed by atoms with Gasteiger partial charge in [-0.15, -0.1) is 11.3 Å². The number of rotatable bonds is 3. The lowest BCUT2D eigenvalue weighted by atomic mass is 9.91. The van der Waals surface area contributed by atoms with Crippen LogP contribution in [0.2, 0.25) is 0 Å². The van der Waals surface area contributed by atoms with Crippen LogP contribution in [0.25, 0.3) is 0 Å². The van der Waals surface area contributed by atoms with Gasteiger partial charge in [0.2, 0.25) is 0 Å².